The second kappa shape index (κ2) is 8.42. The van der Waals surface area contributed by atoms with Gasteiger partial charge in [-0.25, -0.2) is 18.7 Å². The fourth-order valence-electron chi connectivity index (χ4n) is 3.23. The van der Waals surface area contributed by atoms with Gasteiger partial charge < -0.3 is 9.32 Å². The van der Waals surface area contributed by atoms with Crippen LogP contribution in [0.4, 0.5) is 20.2 Å². The summed E-state index contributed by atoms with van der Waals surface area (Å²) in [7, 11) is 0. The van der Waals surface area contributed by atoms with E-state index < -0.39 is 17.3 Å². The van der Waals surface area contributed by atoms with Crippen LogP contribution in [0, 0.1) is 11.6 Å². The Morgan fingerprint density at radius 3 is 2.61 bits per heavy atom. The monoisotopic (exact) mass is 426 g/mol. The van der Waals surface area contributed by atoms with Gasteiger partial charge in [0.2, 0.25) is 5.55 Å². The third-order valence-corrected chi connectivity index (χ3v) is 4.83. The number of aromatic nitrogens is 3. The maximum atomic E-state index is 14.0. The number of aromatic amines is 2. The van der Waals surface area contributed by atoms with Crippen LogP contribution in [0.15, 0.2) is 56.8 Å². The average Bonchev–Trinajstić information content (AvgIpc) is 3.19. The third kappa shape index (κ3) is 4.18. The van der Waals surface area contributed by atoms with Gasteiger partial charge in [0.15, 0.2) is 11.6 Å². The summed E-state index contributed by atoms with van der Waals surface area (Å²) in [5, 5.41) is 11.1. The van der Waals surface area contributed by atoms with Gasteiger partial charge >= 0.3 is 5.69 Å². The second-order valence-corrected chi connectivity index (χ2v) is 6.73. The Morgan fingerprint density at radius 2 is 1.94 bits per heavy atom. The Kier molecular flexibility index (Phi) is 5.52. The molecule has 10 heteroatoms. The van der Waals surface area contributed by atoms with Crippen molar-refractivity contribution in [1.29, 1.82) is 0 Å². The molecule has 0 aliphatic rings. The molecule has 2 heterocycles. The summed E-state index contributed by atoms with van der Waals surface area (Å²) in [6.45, 7) is 5.78. The fourth-order valence-corrected chi connectivity index (χ4v) is 3.23. The van der Waals surface area contributed by atoms with Crippen LogP contribution in [0.1, 0.15) is 13.8 Å². The zero-order valence-corrected chi connectivity index (χ0v) is 16.9. The summed E-state index contributed by atoms with van der Waals surface area (Å²) < 4.78 is 33.2. The molecule has 0 atom stereocenters. The summed E-state index contributed by atoms with van der Waals surface area (Å²) in [6.07, 6.45) is 0. The largest absolute Gasteiger partial charge is 0.436 e. The zero-order valence-electron chi connectivity index (χ0n) is 16.9. The average molecular weight is 426 g/mol. The number of halogens is 2. The van der Waals surface area contributed by atoms with E-state index in [2.05, 4.69) is 44.5 Å². The molecule has 3 N–H and O–H groups in total. The van der Waals surface area contributed by atoms with Crippen LogP contribution in [0.3, 0.4) is 0 Å². The van der Waals surface area contributed by atoms with Crippen molar-refractivity contribution in [2.75, 3.05) is 23.4 Å². The van der Waals surface area contributed by atoms with Crippen LogP contribution in [0.5, 0.6) is 0 Å². The van der Waals surface area contributed by atoms with E-state index in [0.717, 1.165) is 36.3 Å². The van der Waals surface area contributed by atoms with Crippen LogP contribution >= 0.6 is 0 Å². The molecular weight excluding hydrogens is 406 g/mol. The number of rotatable bonds is 6. The molecule has 0 bridgehead atoms. The van der Waals surface area contributed by atoms with Crippen molar-refractivity contribution in [3.63, 3.8) is 0 Å². The van der Waals surface area contributed by atoms with E-state index in [1.807, 2.05) is 18.2 Å². The number of H-pyrrole nitrogens is 2. The first-order valence-corrected chi connectivity index (χ1v) is 9.71. The Bertz CT molecular complexity index is 1350. The van der Waals surface area contributed by atoms with Crippen LogP contribution < -0.4 is 21.6 Å². The minimum Gasteiger partial charge on any atom is -0.436 e. The summed E-state index contributed by atoms with van der Waals surface area (Å²) in [6, 6.07) is 10.6. The molecule has 2 aromatic heterocycles. The van der Waals surface area contributed by atoms with E-state index in [1.165, 1.54) is 6.07 Å². The predicted molar refractivity (Wildman–Crippen MR) is 114 cm³/mol. The van der Waals surface area contributed by atoms with Gasteiger partial charge in [0.25, 0.3) is 0 Å². The second-order valence-electron chi connectivity index (χ2n) is 6.73. The Balaban J connectivity index is 1.87. The first-order chi connectivity index (χ1) is 15.0. The maximum Gasteiger partial charge on any atom is 0.340 e. The van der Waals surface area contributed by atoms with E-state index >= 15 is 0 Å². The minimum absolute atomic E-state index is 0.0324. The van der Waals surface area contributed by atoms with Crippen LogP contribution in [0.25, 0.3) is 22.4 Å². The molecule has 4 aromatic rings. The molecule has 0 saturated heterocycles. The van der Waals surface area contributed by atoms with E-state index in [1.54, 1.807) is 6.07 Å². The molecule has 160 valence electrons. The van der Waals surface area contributed by atoms with E-state index in [4.69, 9.17) is 4.42 Å². The molecule has 0 unspecified atom stereocenters. The molecule has 0 radical (unpaired) electrons. The predicted octanol–water partition coefficient (Wildman–Crippen LogP) is 3.56. The number of hydrogen-bond donors (Lipinski definition) is 3. The van der Waals surface area contributed by atoms with Crippen molar-refractivity contribution in [3.05, 3.63) is 70.1 Å². The van der Waals surface area contributed by atoms with Gasteiger partial charge in [-0.3, -0.25) is 10.4 Å². The van der Waals surface area contributed by atoms with Crippen LogP contribution in [0.2, 0.25) is 0 Å². The lowest BCUT2D eigenvalue weighted by Gasteiger charge is -2.21. The number of benzene rings is 2. The number of nitrogens with zero attached hydrogens (tertiary/aromatic N) is 3. The molecule has 0 fully saturated rings. The van der Waals surface area contributed by atoms with E-state index in [-0.39, 0.29) is 17.1 Å². The quantitative estimate of drug-likeness (QED) is 0.409. The van der Waals surface area contributed by atoms with Gasteiger partial charge in [-0.2, -0.15) is 5.10 Å². The fraction of sp³-hybridized carbons (Fsp3) is 0.190. The van der Waals surface area contributed by atoms with Gasteiger partial charge in [0.05, 0.1) is 11.3 Å². The van der Waals surface area contributed by atoms with Gasteiger partial charge in [0, 0.05) is 36.3 Å². The molecular formula is C21H20F2N6O2. The zero-order chi connectivity index (χ0) is 22.0. The summed E-state index contributed by atoms with van der Waals surface area (Å²) in [5.41, 5.74) is 4.00. The molecule has 2 aromatic carbocycles. The smallest absolute Gasteiger partial charge is 0.340 e. The van der Waals surface area contributed by atoms with Gasteiger partial charge in [-0.15, -0.1) is 5.10 Å². The highest BCUT2D eigenvalue weighted by molar-refractivity contribution is 5.83. The first kappa shape index (κ1) is 20.3. The number of anilines is 2. The van der Waals surface area contributed by atoms with Gasteiger partial charge in [-0.1, -0.05) is 0 Å². The van der Waals surface area contributed by atoms with Crippen molar-refractivity contribution in [2.45, 2.75) is 13.8 Å². The first-order valence-electron chi connectivity index (χ1n) is 9.71. The lowest BCUT2D eigenvalue weighted by molar-refractivity contribution is 0.541. The van der Waals surface area contributed by atoms with Gasteiger partial charge in [0.1, 0.15) is 11.4 Å². The Hall–Kier alpha value is -3.95. The highest BCUT2D eigenvalue weighted by atomic mass is 19.1. The lowest BCUT2D eigenvalue weighted by Crippen LogP contribution is -2.21. The molecule has 0 aliphatic heterocycles. The Morgan fingerprint density at radius 1 is 1.13 bits per heavy atom. The van der Waals surface area contributed by atoms with Crippen LogP contribution in [-0.2, 0) is 0 Å². The van der Waals surface area contributed by atoms with Crippen LogP contribution in [-0.4, -0.2) is 28.3 Å². The normalized spacial score (nSPS) is 11.8. The highest BCUT2D eigenvalue weighted by Crippen LogP contribution is 2.24. The van der Waals surface area contributed by atoms with Crippen molar-refractivity contribution in [1.82, 2.24) is 15.2 Å². The molecule has 0 spiro atoms. The van der Waals surface area contributed by atoms with Gasteiger partial charge in [-0.05, 0) is 44.2 Å². The standard InChI is InChI=1S/C21H20F2N6O2/c1-3-29(4-2)14-7-5-12-9-15(19-24-21(30)28-26-19)20(31-18(12)11-14)27-25-17-8-6-13(22)10-16(17)23/h5-11,25H,3-4H2,1-2H3,(H2,24,26,28,30)/b27-20+. The van der Waals surface area contributed by atoms with E-state index in [9.17, 15) is 13.6 Å². The summed E-state index contributed by atoms with van der Waals surface area (Å²) in [4.78, 5) is 16.3. The molecule has 0 saturated carbocycles. The topological polar surface area (TPSA) is 102 Å². The van der Waals surface area contributed by atoms with Crippen molar-refractivity contribution in [3.8, 4) is 11.4 Å². The summed E-state index contributed by atoms with van der Waals surface area (Å²) in [5.74, 6) is -1.29. The van der Waals surface area contributed by atoms with Crippen molar-refractivity contribution >= 4 is 22.3 Å². The SMILES string of the molecule is CCN(CC)c1ccc2cc(-c3n[nH]c(=O)[nH]3)/c(=N\Nc3ccc(F)cc3F)oc2c1. The van der Waals surface area contributed by atoms with Crippen molar-refractivity contribution < 1.29 is 13.2 Å². The number of hydrogen-bond acceptors (Lipinski definition) is 6. The van der Waals surface area contributed by atoms with Crippen molar-refractivity contribution in [2.24, 2.45) is 5.10 Å². The molecule has 0 amide bonds. The molecule has 4 rings (SSSR count). The highest BCUT2D eigenvalue weighted by Gasteiger charge is 2.12. The molecule has 8 nitrogen and oxygen atoms in total. The number of fused-ring (bicyclic) bond motifs is 1. The number of nitrogens with one attached hydrogen (secondary N) is 3. The molecule has 31 heavy (non-hydrogen) atoms. The maximum absolute atomic E-state index is 14.0. The molecule has 0 aliphatic carbocycles. The minimum atomic E-state index is -0.803. The van der Waals surface area contributed by atoms with E-state index in [0.29, 0.717) is 11.1 Å². The third-order valence-electron chi connectivity index (χ3n) is 4.83. The Labute approximate surface area is 175 Å². The summed E-state index contributed by atoms with van der Waals surface area (Å²) >= 11 is 0. The lowest BCUT2D eigenvalue weighted by atomic mass is 10.1.